The van der Waals surface area contributed by atoms with Crippen LogP contribution in [-0.4, -0.2) is 46.5 Å². The number of carbonyl (C=O) groups is 1. The van der Waals surface area contributed by atoms with Gasteiger partial charge in [-0.3, -0.25) is 9.69 Å². The highest BCUT2D eigenvalue weighted by molar-refractivity contribution is 6.07. The number of fused-ring (bicyclic) bond motifs is 7. The summed E-state index contributed by atoms with van der Waals surface area (Å²) in [4.78, 5) is 21.9. The fourth-order valence-electron chi connectivity index (χ4n) is 5.16. The Bertz CT molecular complexity index is 1480. The molecular formula is C28H25N5O2. The number of nitrogens with zero attached hydrogens (tertiary/aromatic N) is 5. The third-order valence-corrected chi connectivity index (χ3v) is 7.10. The molecule has 35 heavy (non-hydrogen) atoms. The second kappa shape index (κ2) is 8.57. The van der Waals surface area contributed by atoms with E-state index in [0.717, 1.165) is 47.1 Å². The zero-order chi connectivity index (χ0) is 23.9. The number of amides is 1. The number of benzene rings is 3. The molecule has 1 fully saturated rings. The molecule has 4 aromatic rings. The second-order valence-corrected chi connectivity index (χ2v) is 9.24. The highest BCUT2D eigenvalue weighted by Gasteiger charge is 2.35. The molecule has 0 aliphatic carbocycles. The highest BCUT2D eigenvalue weighted by atomic mass is 16.5. The molecule has 6 bridgehead atoms. The van der Waals surface area contributed by atoms with Gasteiger partial charge in [-0.05, 0) is 54.8 Å². The van der Waals surface area contributed by atoms with Gasteiger partial charge in [-0.2, -0.15) is 5.26 Å². The number of ether oxygens (including phenoxy) is 1. The number of hydrogen-bond donors (Lipinski definition) is 0. The summed E-state index contributed by atoms with van der Waals surface area (Å²) in [6.07, 6.45) is 5.29. The lowest BCUT2D eigenvalue weighted by atomic mass is 10.1. The third kappa shape index (κ3) is 3.82. The summed E-state index contributed by atoms with van der Waals surface area (Å²) in [5, 5.41) is 11.7. The molecule has 6 rings (SSSR count). The molecule has 0 unspecified atom stereocenters. The first kappa shape index (κ1) is 21.4. The minimum atomic E-state index is -0.148. The summed E-state index contributed by atoms with van der Waals surface area (Å²) in [6.45, 7) is 2.06. The Morgan fingerprint density at radius 2 is 2.03 bits per heavy atom. The minimum Gasteiger partial charge on any atom is -0.456 e. The number of carbonyl (C=O) groups excluding carboxylic acids is 1. The first-order valence-corrected chi connectivity index (χ1v) is 11.8. The molecule has 7 heteroatoms. The van der Waals surface area contributed by atoms with Gasteiger partial charge in [-0.1, -0.05) is 24.3 Å². The van der Waals surface area contributed by atoms with Crippen LogP contribution in [0.2, 0.25) is 0 Å². The topological polar surface area (TPSA) is 74.4 Å². The van der Waals surface area contributed by atoms with E-state index >= 15 is 0 Å². The molecule has 7 nitrogen and oxygen atoms in total. The zero-order valence-corrected chi connectivity index (χ0v) is 19.5. The van der Waals surface area contributed by atoms with Gasteiger partial charge in [-0.25, -0.2) is 4.98 Å². The number of likely N-dealkylation sites (N-methyl/N-ethyl adjacent to an activating group) is 1. The monoisotopic (exact) mass is 463 g/mol. The van der Waals surface area contributed by atoms with Crippen LogP contribution in [0.1, 0.15) is 23.2 Å². The fourth-order valence-corrected chi connectivity index (χ4v) is 5.16. The summed E-state index contributed by atoms with van der Waals surface area (Å²) in [5.74, 6) is 1.28. The molecule has 174 valence electrons. The van der Waals surface area contributed by atoms with E-state index < -0.39 is 0 Å². The Kier molecular flexibility index (Phi) is 5.24. The maximum absolute atomic E-state index is 13.5. The molecule has 1 atom stereocenters. The smallest absolute Gasteiger partial charge is 0.244 e. The van der Waals surface area contributed by atoms with E-state index in [2.05, 4.69) is 20.5 Å². The third-order valence-electron chi connectivity index (χ3n) is 7.10. The lowest BCUT2D eigenvalue weighted by molar-refractivity contribution is -0.121. The van der Waals surface area contributed by atoms with Gasteiger partial charge in [0.15, 0.2) is 0 Å². The molecule has 0 radical (unpaired) electrons. The Hall–Kier alpha value is -4.15. The van der Waals surface area contributed by atoms with Gasteiger partial charge < -0.3 is 14.2 Å². The zero-order valence-electron chi connectivity index (χ0n) is 19.5. The molecule has 1 amide bonds. The summed E-state index contributed by atoms with van der Waals surface area (Å²) in [7, 11) is 2.03. The number of anilines is 1. The van der Waals surface area contributed by atoms with Crippen LogP contribution in [0.5, 0.6) is 11.5 Å². The predicted octanol–water partition coefficient (Wildman–Crippen LogP) is 4.34. The first-order chi connectivity index (χ1) is 17.1. The SMILES string of the molecule is CN1CCc2cncn2Cc2ccc(C#N)c(c2)Oc2ccc3cccc(c3c2)N2CC[C@@H]1C2=O. The van der Waals surface area contributed by atoms with E-state index in [1.54, 1.807) is 6.07 Å². The number of nitriles is 1. The maximum Gasteiger partial charge on any atom is 0.244 e. The lowest BCUT2D eigenvalue weighted by Gasteiger charge is -2.24. The van der Waals surface area contributed by atoms with Crippen molar-refractivity contribution in [1.29, 1.82) is 5.26 Å². The van der Waals surface area contributed by atoms with Crippen molar-refractivity contribution in [2.24, 2.45) is 0 Å². The van der Waals surface area contributed by atoms with Crippen LogP contribution in [0.25, 0.3) is 10.8 Å². The average molecular weight is 464 g/mol. The van der Waals surface area contributed by atoms with Crippen molar-refractivity contribution in [3.63, 3.8) is 0 Å². The van der Waals surface area contributed by atoms with Gasteiger partial charge in [0, 0.05) is 43.3 Å². The molecule has 2 aliphatic heterocycles. The molecule has 0 saturated carbocycles. The largest absolute Gasteiger partial charge is 0.456 e. The van der Waals surface area contributed by atoms with Crippen LogP contribution in [0, 0.1) is 11.3 Å². The quantitative estimate of drug-likeness (QED) is 0.388. The van der Waals surface area contributed by atoms with E-state index in [1.807, 2.05) is 73.0 Å². The van der Waals surface area contributed by atoms with Gasteiger partial charge in [0.1, 0.15) is 17.6 Å². The average Bonchev–Trinajstić information content (AvgIpc) is 3.48. The number of aromatic nitrogens is 2. The van der Waals surface area contributed by atoms with Gasteiger partial charge in [-0.15, -0.1) is 0 Å². The number of hydrogen-bond acceptors (Lipinski definition) is 5. The molecule has 3 heterocycles. The first-order valence-electron chi connectivity index (χ1n) is 11.8. The maximum atomic E-state index is 13.5. The van der Waals surface area contributed by atoms with Crippen LogP contribution in [0.4, 0.5) is 5.69 Å². The van der Waals surface area contributed by atoms with E-state index in [1.165, 1.54) is 0 Å². The number of rotatable bonds is 0. The van der Waals surface area contributed by atoms with Gasteiger partial charge in [0.05, 0.1) is 23.6 Å². The molecule has 0 N–H and O–H groups in total. The van der Waals surface area contributed by atoms with E-state index in [-0.39, 0.29) is 11.9 Å². The van der Waals surface area contributed by atoms with E-state index in [9.17, 15) is 10.1 Å². The lowest BCUT2D eigenvalue weighted by Crippen LogP contribution is -2.40. The van der Waals surface area contributed by atoms with Gasteiger partial charge >= 0.3 is 0 Å². The molecule has 0 spiro atoms. The Labute approximate surface area is 203 Å². The summed E-state index contributed by atoms with van der Waals surface area (Å²) in [5.41, 5.74) is 3.50. The Morgan fingerprint density at radius 3 is 2.91 bits per heavy atom. The van der Waals surface area contributed by atoms with Crippen molar-refractivity contribution in [3.05, 3.63) is 83.9 Å². The van der Waals surface area contributed by atoms with Crippen molar-refractivity contribution in [3.8, 4) is 17.6 Å². The van der Waals surface area contributed by atoms with E-state index in [4.69, 9.17) is 4.74 Å². The second-order valence-electron chi connectivity index (χ2n) is 9.24. The van der Waals surface area contributed by atoms with Crippen molar-refractivity contribution >= 4 is 22.4 Å². The Balaban J connectivity index is 1.49. The Morgan fingerprint density at radius 1 is 1.11 bits per heavy atom. The molecule has 1 saturated heterocycles. The standard InChI is InChI=1S/C28H25N5O2/c1-31-11-9-22-16-30-18-32(22)17-19-5-6-21(15-29)27(13-19)35-23-8-7-20-3-2-4-25(24(20)14-23)33-12-10-26(31)28(33)34/h2-8,13-14,16,18,26H,9-12,17H2,1H3/t26-/m1/s1. The van der Waals surface area contributed by atoms with Crippen molar-refractivity contribution in [1.82, 2.24) is 14.5 Å². The van der Waals surface area contributed by atoms with Crippen LogP contribution in [-0.2, 0) is 17.8 Å². The van der Waals surface area contributed by atoms with Crippen LogP contribution < -0.4 is 9.64 Å². The predicted molar refractivity (Wildman–Crippen MR) is 134 cm³/mol. The molecular weight excluding hydrogens is 438 g/mol. The van der Waals surface area contributed by atoms with Crippen LogP contribution in [0.3, 0.4) is 0 Å². The van der Waals surface area contributed by atoms with Crippen molar-refractivity contribution in [2.45, 2.75) is 25.4 Å². The summed E-state index contributed by atoms with van der Waals surface area (Å²) >= 11 is 0. The van der Waals surface area contributed by atoms with Crippen LogP contribution >= 0.6 is 0 Å². The molecule has 2 aliphatic rings. The van der Waals surface area contributed by atoms with Crippen molar-refractivity contribution in [2.75, 3.05) is 25.0 Å². The summed E-state index contributed by atoms with van der Waals surface area (Å²) in [6, 6.07) is 19.7. The fraction of sp³-hybridized carbons (Fsp3) is 0.250. The van der Waals surface area contributed by atoms with Gasteiger partial charge in [0.2, 0.25) is 5.91 Å². The normalized spacial score (nSPS) is 18.2. The van der Waals surface area contributed by atoms with Gasteiger partial charge in [0.25, 0.3) is 0 Å². The highest BCUT2D eigenvalue weighted by Crippen LogP contribution is 2.35. The molecule has 3 aromatic carbocycles. The molecule has 1 aromatic heterocycles. The summed E-state index contributed by atoms with van der Waals surface area (Å²) < 4.78 is 8.37. The van der Waals surface area contributed by atoms with E-state index in [0.29, 0.717) is 30.2 Å². The number of imidazole rings is 1. The minimum absolute atomic E-state index is 0.127. The van der Waals surface area contributed by atoms with Crippen LogP contribution in [0.15, 0.2) is 67.1 Å². The van der Waals surface area contributed by atoms with Crippen molar-refractivity contribution < 1.29 is 9.53 Å².